The normalized spacial score (nSPS) is 13.4. The molecule has 0 unspecified atom stereocenters. The van der Waals surface area contributed by atoms with Crippen LogP contribution in [0.15, 0.2) is 192 Å². The Morgan fingerprint density at radius 3 is 1.60 bits per heavy atom. The second kappa shape index (κ2) is 17.7. The Morgan fingerprint density at radius 1 is 0.453 bits per heavy atom. The van der Waals surface area contributed by atoms with Gasteiger partial charge >= 0.3 is 0 Å². The lowest BCUT2D eigenvalue weighted by Gasteiger charge is -2.45. The van der Waals surface area contributed by atoms with Gasteiger partial charge in [-0.1, -0.05) is 179 Å². The lowest BCUT2D eigenvalue weighted by molar-refractivity contribution is 0.590. The van der Waals surface area contributed by atoms with E-state index in [1.165, 1.54) is 67.0 Å². The van der Waals surface area contributed by atoms with Crippen LogP contribution in [0.25, 0.3) is 33.1 Å². The first-order chi connectivity index (χ1) is 35.8. The van der Waals surface area contributed by atoms with Gasteiger partial charge in [-0.2, -0.15) is 0 Å². The van der Waals surface area contributed by atoms with Crippen molar-refractivity contribution in [3.63, 3.8) is 0 Å². The van der Waals surface area contributed by atoms with Crippen LogP contribution in [-0.2, 0) is 16.2 Å². The van der Waals surface area contributed by atoms with E-state index in [2.05, 4.69) is 280 Å². The Labute approximate surface area is 445 Å². The van der Waals surface area contributed by atoms with Crippen LogP contribution < -0.4 is 31.1 Å². The Kier molecular flexibility index (Phi) is 11.4. The second-order valence-electron chi connectivity index (χ2n) is 24.6. The number of fused-ring (bicyclic) bond motifs is 7. The largest absolute Gasteiger partial charge is 0.455 e. The Hall–Kier alpha value is -7.76. The van der Waals surface area contributed by atoms with E-state index in [4.69, 9.17) is 4.42 Å². The Morgan fingerprint density at radius 2 is 0.987 bits per heavy atom. The molecule has 2 aliphatic rings. The number of benzene rings is 9. The highest BCUT2D eigenvalue weighted by Crippen LogP contribution is 2.48. The molecular weight excluding hydrogens is 910 g/mol. The number of para-hydroxylation sites is 2. The van der Waals surface area contributed by atoms with E-state index in [1.807, 2.05) is 6.07 Å². The van der Waals surface area contributed by atoms with Crippen molar-refractivity contribution in [2.24, 2.45) is 0 Å². The number of anilines is 9. The van der Waals surface area contributed by atoms with Crippen LogP contribution >= 0.6 is 0 Å². The highest BCUT2D eigenvalue weighted by molar-refractivity contribution is 7.00. The molecule has 0 bridgehead atoms. The third-order valence-corrected chi connectivity index (χ3v) is 16.0. The maximum absolute atomic E-state index is 6.55. The molecule has 1 aromatic heterocycles. The summed E-state index contributed by atoms with van der Waals surface area (Å²) in [6.45, 7) is 27.5. The maximum atomic E-state index is 6.55. The molecule has 0 saturated carbocycles. The number of aryl methyl sites for hydroxylation is 1. The van der Waals surface area contributed by atoms with Crippen molar-refractivity contribution in [2.75, 3.05) is 14.7 Å². The number of rotatable bonds is 7. The van der Waals surface area contributed by atoms with Crippen LogP contribution in [0.1, 0.15) is 110 Å². The van der Waals surface area contributed by atoms with Gasteiger partial charge in [-0.15, -0.1) is 0 Å². The summed E-state index contributed by atoms with van der Waals surface area (Å²) in [6, 6.07) is 71.1. The maximum Gasteiger partial charge on any atom is 0.252 e. The zero-order valence-electron chi connectivity index (χ0n) is 45.8. The molecule has 372 valence electrons. The minimum absolute atomic E-state index is 0.0103. The molecule has 12 rings (SSSR count). The van der Waals surface area contributed by atoms with Crippen LogP contribution in [0, 0.1) is 6.92 Å². The fourth-order valence-corrected chi connectivity index (χ4v) is 11.7. The molecule has 0 spiro atoms. The van der Waals surface area contributed by atoms with Crippen molar-refractivity contribution < 1.29 is 4.42 Å². The lowest BCUT2D eigenvalue weighted by atomic mass is 9.33. The number of hydrogen-bond acceptors (Lipinski definition) is 4. The van der Waals surface area contributed by atoms with Crippen LogP contribution in [0.2, 0.25) is 0 Å². The van der Waals surface area contributed by atoms with Crippen molar-refractivity contribution in [2.45, 2.75) is 105 Å². The van der Waals surface area contributed by atoms with Gasteiger partial charge in [0, 0.05) is 67.5 Å². The van der Waals surface area contributed by atoms with Gasteiger partial charge in [-0.25, -0.2) is 0 Å². The monoisotopic (exact) mass is 978 g/mol. The van der Waals surface area contributed by atoms with Crippen molar-refractivity contribution in [1.82, 2.24) is 0 Å². The summed E-state index contributed by atoms with van der Waals surface area (Å²) in [5.41, 5.74) is 24.8. The highest BCUT2D eigenvalue weighted by Gasteiger charge is 2.44. The summed E-state index contributed by atoms with van der Waals surface area (Å²) < 4.78 is 6.55. The van der Waals surface area contributed by atoms with E-state index in [0.717, 1.165) is 61.5 Å². The smallest absolute Gasteiger partial charge is 0.252 e. The molecule has 2 aliphatic heterocycles. The number of furan rings is 1. The lowest BCUT2D eigenvalue weighted by Crippen LogP contribution is -2.61. The molecule has 5 heteroatoms. The zero-order valence-corrected chi connectivity index (χ0v) is 45.8. The molecule has 4 nitrogen and oxygen atoms in total. The van der Waals surface area contributed by atoms with Crippen molar-refractivity contribution in [1.29, 1.82) is 0 Å². The summed E-state index contributed by atoms with van der Waals surface area (Å²) in [5.74, 6) is 0.436. The second-order valence-corrected chi connectivity index (χ2v) is 24.6. The van der Waals surface area contributed by atoms with E-state index < -0.39 is 0 Å². The van der Waals surface area contributed by atoms with Gasteiger partial charge < -0.3 is 19.1 Å². The van der Waals surface area contributed by atoms with Gasteiger partial charge in [0.25, 0.3) is 6.71 Å². The molecule has 9 aromatic carbocycles. The minimum atomic E-state index is -0.0636. The average molecular weight is 978 g/mol. The van der Waals surface area contributed by atoms with Crippen LogP contribution in [0.4, 0.5) is 51.2 Å². The van der Waals surface area contributed by atoms with E-state index in [0.29, 0.717) is 5.92 Å². The zero-order chi connectivity index (χ0) is 52.3. The third-order valence-electron chi connectivity index (χ3n) is 16.0. The molecule has 75 heavy (non-hydrogen) atoms. The first kappa shape index (κ1) is 48.2. The molecule has 3 heterocycles. The first-order valence-corrected chi connectivity index (χ1v) is 27.0. The van der Waals surface area contributed by atoms with Gasteiger partial charge in [-0.05, 0) is 164 Å². The minimum Gasteiger partial charge on any atom is -0.455 e. The van der Waals surface area contributed by atoms with E-state index in [-0.39, 0.29) is 23.0 Å². The number of hydrogen-bond donors (Lipinski definition) is 0. The van der Waals surface area contributed by atoms with Gasteiger partial charge in [0.2, 0.25) is 0 Å². The molecule has 0 amide bonds. The molecule has 0 fully saturated rings. The van der Waals surface area contributed by atoms with Crippen LogP contribution in [0.5, 0.6) is 0 Å². The fourth-order valence-electron chi connectivity index (χ4n) is 11.7. The van der Waals surface area contributed by atoms with Crippen molar-refractivity contribution in [3.8, 4) is 11.1 Å². The summed E-state index contributed by atoms with van der Waals surface area (Å²) >= 11 is 0. The first-order valence-electron chi connectivity index (χ1n) is 27.0. The molecule has 0 atom stereocenters. The average Bonchev–Trinajstić information content (AvgIpc) is 3.84. The van der Waals surface area contributed by atoms with Gasteiger partial charge in [0.15, 0.2) is 0 Å². The van der Waals surface area contributed by atoms with E-state index in [9.17, 15) is 0 Å². The number of nitrogens with zero attached hydrogens (tertiary/aromatic N) is 3. The van der Waals surface area contributed by atoms with Crippen molar-refractivity contribution >= 4 is 96.2 Å². The van der Waals surface area contributed by atoms with Gasteiger partial charge in [-0.3, -0.25) is 0 Å². The van der Waals surface area contributed by atoms with E-state index in [1.54, 1.807) is 0 Å². The van der Waals surface area contributed by atoms with Gasteiger partial charge in [0.1, 0.15) is 11.2 Å². The van der Waals surface area contributed by atoms with Gasteiger partial charge in [0.05, 0.1) is 0 Å². The van der Waals surface area contributed by atoms with E-state index >= 15 is 0 Å². The van der Waals surface area contributed by atoms with Crippen LogP contribution in [0.3, 0.4) is 0 Å². The molecule has 0 saturated heterocycles. The Balaban J connectivity index is 1.08. The Bertz CT molecular complexity index is 3810. The highest BCUT2D eigenvalue weighted by atomic mass is 16.3. The van der Waals surface area contributed by atoms with Crippen LogP contribution in [-0.4, -0.2) is 6.71 Å². The summed E-state index contributed by atoms with van der Waals surface area (Å²) in [6.07, 6.45) is 0. The predicted molar refractivity (Wildman–Crippen MR) is 323 cm³/mol. The fraction of sp³-hybridized carbons (Fsp3) is 0.229. The summed E-state index contributed by atoms with van der Waals surface area (Å²) in [7, 11) is 0. The van der Waals surface area contributed by atoms with Crippen molar-refractivity contribution in [3.05, 3.63) is 216 Å². The SMILES string of the molecule is Cc1cc2c3c(c1)N(c1ccc(C(C)(C)C)cc1)c1cc(N(c4ccc(C(C)C)cc4)c4ccc(C(C)(C)C)cc4)ccc1B3c1cc(C(C)(C)C)ccc1N2c1ccc(-c2cccc3c2oc2ccccc23)cc1. The molecule has 0 aliphatic carbocycles. The molecule has 0 radical (unpaired) electrons. The summed E-state index contributed by atoms with van der Waals surface area (Å²) in [5, 5.41) is 2.28. The topological polar surface area (TPSA) is 22.9 Å². The predicted octanol–water partition coefficient (Wildman–Crippen LogP) is 18.1. The summed E-state index contributed by atoms with van der Waals surface area (Å²) in [4.78, 5) is 7.53. The standard InChI is InChI=1S/C70H68BN3O/c1-44(2)46-20-29-51(30-21-46)72(52-33-24-48(25-34-52)68(4,5)6)55-37-38-59-62(43-55)74(54-35-26-49(27-36-54)69(7,8)9)64-41-45(3)40-63-66(64)71(59)60-42-50(70(10,11)12)28-39-61(60)73(63)53-31-22-47(23-32-53)56-17-15-18-58-57-16-13-14-19-65(57)75-67(56)58/h13-44H,1-12H3. The molecule has 0 N–H and O–H groups in total. The quantitative estimate of drug-likeness (QED) is 0.148. The third kappa shape index (κ3) is 8.32. The molecular formula is C70H68BN3O. The molecule has 10 aromatic rings.